The van der Waals surface area contributed by atoms with Gasteiger partial charge in [-0.2, -0.15) is 0 Å². The van der Waals surface area contributed by atoms with Crippen LogP contribution >= 0.6 is 34.8 Å². The van der Waals surface area contributed by atoms with Crippen molar-refractivity contribution in [3.63, 3.8) is 0 Å². The van der Waals surface area contributed by atoms with Gasteiger partial charge in [0.1, 0.15) is 49.3 Å². The van der Waals surface area contributed by atoms with Crippen LogP contribution in [0.4, 0.5) is 0 Å². The number of aryl methyl sites for hydroxylation is 12. The van der Waals surface area contributed by atoms with E-state index < -0.39 is 22.1 Å². The van der Waals surface area contributed by atoms with Crippen LogP contribution in [-0.2, 0) is 49.5 Å². The van der Waals surface area contributed by atoms with Gasteiger partial charge >= 0.3 is 17.9 Å². The number of esters is 2. The van der Waals surface area contributed by atoms with Crippen LogP contribution in [0.2, 0.25) is 54.7 Å². The second-order valence-corrected chi connectivity index (χ2v) is 41.8. The minimum Gasteiger partial charge on any atom is -0.481 e. The summed E-state index contributed by atoms with van der Waals surface area (Å²) in [5.41, 5.74) is 25.8. The molecule has 14 nitrogen and oxygen atoms in total. The van der Waals surface area contributed by atoms with Gasteiger partial charge in [0.05, 0.1) is 13.2 Å². The van der Waals surface area contributed by atoms with Gasteiger partial charge in [-0.15, -0.1) is 17.5 Å². The van der Waals surface area contributed by atoms with E-state index in [-0.39, 0.29) is 29.9 Å². The highest BCUT2D eigenvalue weighted by Gasteiger charge is 2.26. The highest BCUT2D eigenvalue weighted by molar-refractivity contribution is 6.84. The Labute approximate surface area is 731 Å². The minimum atomic E-state index is -1.32. The molecule has 2 N–H and O–H groups in total. The van der Waals surface area contributed by atoms with E-state index in [0.29, 0.717) is 65.7 Å². The van der Waals surface area contributed by atoms with Crippen molar-refractivity contribution in [3.05, 3.63) is 340 Å². The Morgan fingerprint density at radius 2 is 0.983 bits per heavy atom. The Kier molecular flexibility index (Phi) is 42.1. The molecule has 0 radical (unpaired) electrons. The maximum Gasteiger partial charge on any atom is 0.330 e. The summed E-state index contributed by atoms with van der Waals surface area (Å²) < 4.78 is 9.62. The van der Waals surface area contributed by atoms with Crippen LogP contribution in [-0.4, -0.2) is 96.1 Å². The summed E-state index contributed by atoms with van der Waals surface area (Å²) in [5, 5.41) is 28.1. The molecule has 0 atom stereocenters. The van der Waals surface area contributed by atoms with Gasteiger partial charge in [0.2, 0.25) is 5.78 Å². The number of carbonyl (C=O) groups excluding carboxylic acids is 5. The Morgan fingerprint density at radius 3 is 1.50 bits per heavy atom. The molecular weight excluding hydrogens is 1600 g/mol. The van der Waals surface area contributed by atoms with Crippen LogP contribution in [0, 0.1) is 85.7 Å². The van der Waals surface area contributed by atoms with E-state index in [0.717, 1.165) is 85.3 Å². The van der Waals surface area contributed by atoms with Gasteiger partial charge in [0, 0.05) is 77.0 Å². The number of hydrogen-bond acceptors (Lipinski definition) is 13. The first-order chi connectivity index (χ1) is 57.4. The van der Waals surface area contributed by atoms with E-state index in [4.69, 9.17) is 61.0 Å². The molecule has 14 rings (SSSR count). The number of nitrogens with zero attached hydrogens (tertiary/aromatic N) is 4. The molecule has 9 aromatic carbocycles. The summed E-state index contributed by atoms with van der Waals surface area (Å²) in [6.45, 7) is 35.9. The van der Waals surface area contributed by atoms with E-state index in [1.807, 2.05) is 200 Å². The van der Waals surface area contributed by atoms with E-state index in [1.54, 1.807) is 31.3 Å². The molecule has 2 aliphatic rings. The van der Waals surface area contributed by atoms with Crippen molar-refractivity contribution in [2.45, 2.75) is 160 Å². The zero-order chi connectivity index (χ0) is 89.4. The van der Waals surface area contributed by atoms with Gasteiger partial charge in [0.15, 0.2) is 5.78 Å². The lowest BCUT2D eigenvalue weighted by Crippen LogP contribution is -2.16. The number of Topliss-reactive ketones (excluding diaryl/α,β-unsaturated/α-hetero) is 2. The average Bonchev–Trinajstić information content (AvgIpc) is 1.78. The number of aromatic nitrogens is 3. The molecule has 3 aromatic heterocycles. The molecule has 12 aromatic rings. The number of carbonyl (C=O) groups is 6. The molecule has 0 saturated heterocycles. The first kappa shape index (κ1) is 99.8. The summed E-state index contributed by atoms with van der Waals surface area (Å²) in [4.78, 5) is 77.5. The van der Waals surface area contributed by atoms with Gasteiger partial charge in [0.25, 0.3) is 0 Å². The van der Waals surface area contributed by atoms with E-state index in [1.165, 1.54) is 66.9 Å². The zero-order valence-electron chi connectivity index (χ0n) is 72.5. The predicted molar refractivity (Wildman–Crippen MR) is 506 cm³/mol. The molecule has 0 spiro atoms. The van der Waals surface area contributed by atoms with Crippen LogP contribution in [0.25, 0.3) is 38.4 Å². The van der Waals surface area contributed by atoms with Crippen molar-refractivity contribution in [1.29, 1.82) is 0 Å². The van der Waals surface area contributed by atoms with Crippen LogP contribution in [0.5, 0.6) is 0 Å². The molecule has 0 saturated carbocycles. The van der Waals surface area contributed by atoms with Crippen LogP contribution in [0.15, 0.2) is 230 Å². The summed E-state index contributed by atoms with van der Waals surface area (Å²) in [6.07, 6.45) is 17.0. The number of ketones is 2. The van der Waals surface area contributed by atoms with Crippen LogP contribution in [0.1, 0.15) is 148 Å². The largest absolute Gasteiger partial charge is 0.481 e. The topological polar surface area (TPSA) is 212 Å². The lowest BCUT2D eigenvalue weighted by molar-refractivity contribution is -0.143. The van der Waals surface area contributed by atoms with Crippen molar-refractivity contribution < 1.29 is 48.6 Å². The zero-order valence-corrected chi connectivity index (χ0v) is 76.8. The number of aldehydes is 1. The quantitative estimate of drug-likeness (QED) is 0.0181. The third kappa shape index (κ3) is 38.5. The number of ether oxygens (including phenoxy) is 2. The number of hydrogen-bond donors (Lipinski definition) is 2. The molecule has 628 valence electrons. The molecule has 121 heavy (non-hydrogen) atoms. The third-order valence-electron chi connectivity index (χ3n) is 17.7. The minimum absolute atomic E-state index is 0.117. The second kappa shape index (κ2) is 51.0. The summed E-state index contributed by atoms with van der Waals surface area (Å²) in [6, 6.07) is 67.6. The first-order valence-electron chi connectivity index (χ1n) is 39.9. The normalized spacial score (nSPS) is 11.5. The fraction of sp³-hybridized carbons (Fsp3) is 0.255. The summed E-state index contributed by atoms with van der Waals surface area (Å²) >= 11 is 17.5. The number of halogens is 3. The number of carboxylic acids is 1. The highest BCUT2D eigenvalue weighted by atomic mass is 35.5. The monoisotopic (exact) mass is 1710 g/mol. The van der Waals surface area contributed by atoms with Gasteiger partial charge in [-0.05, 0) is 170 Å². The molecule has 0 unspecified atom stereocenters. The van der Waals surface area contributed by atoms with Gasteiger partial charge in [-0.3, -0.25) is 24.0 Å². The summed E-state index contributed by atoms with van der Waals surface area (Å²) in [7, 11) is -2.42. The van der Waals surface area contributed by atoms with Gasteiger partial charge in [-0.1, -0.05) is 317 Å². The number of pyridine rings is 3. The second-order valence-electron chi connectivity index (χ2n) is 31.1. The van der Waals surface area contributed by atoms with Crippen LogP contribution in [0.3, 0.4) is 0 Å². The fourth-order valence-corrected chi connectivity index (χ4v) is 12.8. The lowest BCUT2D eigenvalue weighted by atomic mass is 10.1. The number of terminal acetylenes is 1. The molecule has 0 amide bonds. The summed E-state index contributed by atoms with van der Waals surface area (Å²) in [5.74, 6) is 2.19. The van der Waals surface area contributed by atoms with Gasteiger partial charge < -0.3 is 19.8 Å². The predicted octanol–water partition coefficient (Wildman–Crippen LogP) is 24.9. The molecule has 0 aliphatic heterocycles. The van der Waals surface area contributed by atoms with Crippen LogP contribution < -0.4 is 0 Å². The molecule has 19 heteroatoms. The maximum absolute atomic E-state index is 11.4. The molecule has 0 fully saturated rings. The maximum atomic E-state index is 11.4. The van der Waals surface area contributed by atoms with E-state index in [9.17, 15) is 28.8 Å². The number of oxime groups is 1. The molecular formula is C102H111Cl3N4O10Si2. The van der Waals surface area contributed by atoms with Crippen molar-refractivity contribution in [2.24, 2.45) is 5.16 Å². The smallest absolute Gasteiger partial charge is 0.330 e. The lowest BCUT2D eigenvalue weighted by Gasteiger charge is -2.03. The Hall–Kier alpha value is -11.7. The van der Waals surface area contributed by atoms with E-state index >= 15 is 0 Å². The number of aliphatic carboxylic acids is 1. The number of carboxylic acid groups (broad SMARTS) is 1. The number of benzene rings is 9. The highest BCUT2D eigenvalue weighted by Crippen LogP contribution is 2.27. The Bertz CT molecular complexity index is 5670. The van der Waals surface area contributed by atoms with Gasteiger partial charge in [-0.25, -0.2) is 19.7 Å². The molecule has 3 heterocycles. The molecule has 2 aliphatic carbocycles. The van der Waals surface area contributed by atoms with E-state index in [2.05, 4.69) is 146 Å². The van der Waals surface area contributed by atoms with Crippen molar-refractivity contribution in [3.8, 4) is 23.4 Å². The fourth-order valence-electron chi connectivity index (χ4n) is 11.6. The van der Waals surface area contributed by atoms with Crippen molar-refractivity contribution in [2.75, 3.05) is 13.2 Å². The number of fused-ring (bicyclic) bond motifs is 5. The number of rotatable bonds is 11. The standard InChI is InChI=1S/C15H17NSi.C12H16O2.C12H14O2.C10H7Cl2N.C10H8ClN.C10H9NO2.C10H12O2.C10H10O.C8H8O.C5H10Si/c1-12-5-6-13-11-16-15(10-14(13)9-12)7-8-17(2,3)4;2*1-3-14-12(13)8-7-11-6-4-5-10(2)9-11;1-6-2-3-8-7(4-6)5-9(11)13-10(8)12;1-7-2-3-8-6-12-10(11)5-9(8)4-7;1-6-2-3-8-7(4-6)5-9(11-13)10(8)12;1-8-3-2-4-9(7-8)5-6-10(11)12;1-7-2-4-9-8(6-7)3-5-10(9)11;1-7-3-2-4-8(5-7)6-9;1-5-6(2,3)4/h5-6,9-11H,1-4H3;4-6,9H,3,7-8H2,1-2H3;4-9H,3H2,1-2H3;2-5H,1H3;2-6H,1H3;2-4,13H,5H2,1H3;2-4,7H,5-6H2,1H3,(H,11,12);2,4,6H,3,5H2,1H3;2-6H,1H3;1H,2-4H3/b;;8-7+;;;11-9+;;;;. The third-order valence-corrected chi connectivity index (χ3v) is 20.1. The first-order valence-corrected chi connectivity index (χ1v) is 48.0. The Morgan fingerprint density at radius 1 is 0.512 bits per heavy atom. The molecule has 0 bridgehead atoms. The van der Waals surface area contributed by atoms with Crippen molar-refractivity contribution in [1.82, 2.24) is 15.0 Å². The van der Waals surface area contributed by atoms with Crippen molar-refractivity contribution >= 4 is 131 Å². The SMILES string of the molecule is C#C[Si](C)(C)C.CCOC(=O)/C=C/c1cccc(C)c1.CCOC(=O)CCc1cccc(C)c1.Cc1ccc2c(Cl)nc(Cl)cc2c1.Cc1ccc2c(c1)C/C(=N\O)C2=O.Cc1ccc2c(c1)CCC2=O.Cc1ccc2cnc(C#C[Si](C)(C)C)cc2c1.Cc1ccc2cnc(Cl)cc2c1.Cc1cccc(C=O)c1.Cc1cccc(CCC(=O)O)c1. The Balaban J connectivity index is 0.000000241. The average molecular weight is 1720 g/mol.